The lowest BCUT2D eigenvalue weighted by Gasteiger charge is -2.26. The molecule has 4 nitrogen and oxygen atoms in total. The SMILES string of the molecule is CC(C)(C)NCc1ccccc1OCCOC1COC1. The second kappa shape index (κ2) is 7.07. The van der Waals surface area contributed by atoms with Gasteiger partial charge in [-0.05, 0) is 26.8 Å². The van der Waals surface area contributed by atoms with Crippen molar-refractivity contribution in [3.05, 3.63) is 29.8 Å². The maximum atomic E-state index is 5.82. The molecule has 1 aromatic carbocycles. The van der Waals surface area contributed by atoms with Gasteiger partial charge in [0.05, 0.1) is 19.8 Å². The van der Waals surface area contributed by atoms with Gasteiger partial charge in [0.1, 0.15) is 18.5 Å². The lowest BCUT2D eigenvalue weighted by Crippen LogP contribution is -2.37. The molecule has 1 fully saturated rings. The van der Waals surface area contributed by atoms with E-state index in [1.165, 1.54) is 5.56 Å². The lowest BCUT2D eigenvalue weighted by atomic mass is 10.1. The molecule has 0 amide bonds. The Morgan fingerprint density at radius 1 is 1.20 bits per heavy atom. The second-order valence-electron chi connectivity index (χ2n) is 6.09. The lowest BCUT2D eigenvalue weighted by molar-refractivity contribution is -0.132. The summed E-state index contributed by atoms with van der Waals surface area (Å²) in [4.78, 5) is 0. The van der Waals surface area contributed by atoms with Crippen LogP contribution in [0, 0.1) is 0 Å². The van der Waals surface area contributed by atoms with Gasteiger partial charge in [0, 0.05) is 17.6 Å². The molecule has 1 N–H and O–H groups in total. The van der Waals surface area contributed by atoms with E-state index in [-0.39, 0.29) is 11.6 Å². The zero-order chi connectivity index (χ0) is 14.4. The Morgan fingerprint density at radius 3 is 2.60 bits per heavy atom. The molecule has 4 heteroatoms. The first kappa shape index (κ1) is 15.3. The van der Waals surface area contributed by atoms with Gasteiger partial charge in [-0.1, -0.05) is 18.2 Å². The average molecular weight is 279 g/mol. The third-order valence-corrected chi connectivity index (χ3v) is 3.08. The number of hydrogen-bond donors (Lipinski definition) is 1. The molecule has 112 valence electrons. The molecular weight excluding hydrogens is 254 g/mol. The Balaban J connectivity index is 1.77. The van der Waals surface area contributed by atoms with Crippen molar-refractivity contribution in [1.29, 1.82) is 0 Å². The molecule has 0 radical (unpaired) electrons. The summed E-state index contributed by atoms with van der Waals surface area (Å²) in [7, 11) is 0. The van der Waals surface area contributed by atoms with Gasteiger partial charge < -0.3 is 19.5 Å². The largest absolute Gasteiger partial charge is 0.491 e. The minimum atomic E-state index is 0.0977. The van der Waals surface area contributed by atoms with E-state index in [9.17, 15) is 0 Å². The van der Waals surface area contributed by atoms with Crippen molar-refractivity contribution in [2.45, 2.75) is 39.0 Å². The van der Waals surface area contributed by atoms with Gasteiger partial charge in [0.2, 0.25) is 0 Å². The Bertz CT molecular complexity index is 410. The Hall–Kier alpha value is -1.10. The molecule has 2 rings (SSSR count). The highest BCUT2D eigenvalue weighted by Gasteiger charge is 2.18. The topological polar surface area (TPSA) is 39.7 Å². The van der Waals surface area contributed by atoms with Gasteiger partial charge in [-0.25, -0.2) is 0 Å². The number of hydrogen-bond acceptors (Lipinski definition) is 4. The van der Waals surface area contributed by atoms with E-state index in [0.29, 0.717) is 26.4 Å². The van der Waals surface area contributed by atoms with E-state index in [0.717, 1.165) is 12.3 Å². The fraction of sp³-hybridized carbons (Fsp3) is 0.625. The molecule has 0 aliphatic carbocycles. The zero-order valence-corrected chi connectivity index (χ0v) is 12.6. The van der Waals surface area contributed by atoms with Crippen molar-refractivity contribution in [2.24, 2.45) is 0 Å². The van der Waals surface area contributed by atoms with Gasteiger partial charge in [0.25, 0.3) is 0 Å². The van der Waals surface area contributed by atoms with Crippen LogP contribution in [-0.2, 0) is 16.0 Å². The first-order valence-corrected chi connectivity index (χ1v) is 7.20. The van der Waals surface area contributed by atoms with Gasteiger partial charge in [-0.2, -0.15) is 0 Å². The number of nitrogens with one attached hydrogen (secondary N) is 1. The van der Waals surface area contributed by atoms with Crippen LogP contribution < -0.4 is 10.1 Å². The maximum Gasteiger partial charge on any atom is 0.123 e. The van der Waals surface area contributed by atoms with Crippen molar-refractivity contribution in [2.75, 3.05) is 26.4 Å². The molecule has 0 spiro atoms. The molecule has 1 heterocycles. The van der Waals surface area contributed by atoms with E-state index >= 15 is 0 Å². The van der Waals surface area contributed by atoms with E-state index in [1.807, 2.05) is 18.2 Å². The number of benzene rings is 1. The van der Waals surface area contributed by atoms with Crippen LogP contribution in [0.15, 0.2) is 24.3 Å². The summed E-state index contributed by atoms with van der Waals surface area (Å²) in [5.74, 6) is 0.928. The normalized spacial score (nSPS) is 15.9. The fourth-order valence-electron chi connectivity index (χ4n) is 1.83. The third-order valence-electron chi connectivity index (χ3n) is 3.08. The van der Waals surface area contributed by atoms with Crippen molar-refractivity contribution in [3.8, 4) is 5.75 Å². The van der Waals surface area contributed by atoms with Crippen LogP contribution in [-0.4, -0.2) is 38.1 Å². The summed E-state index contributed by atoms with van der Waals surface area (Å²) >= 11 is 0. The van der Waals surface area contributed by atoms with Crippen molar-refractivity contribution in [3.63, 3.8) is 0 Å². The van der Waals surface area contributed by atoms with Gasteiger partial charge in [-0.3, -0.25) is 0 Å². The van der Waals surface area contributed by atoms with Gasteiger partial charge in [0.15, 0.2) is 0 Å². The molecule has 20 heavy (non-hydrogen) atoms. The predicted octanol–water partition coefficient (Wildman–Crippen LogP) is 2.37. The molecular formula is C16H25NO3. The molecule has 1 aromatic rings. The molecule has 0 atom stereocenters. The third kappa shape index (κ3) is 5.12. The highest BCUT2D eigenvalue weighted by molar-refractivity contribution is 5.33. The fourth-order valence-corrected chi connectivity index (χ4v) is 1.83. The summed E-state index contributed by atoms with van der Waals surface area (Å²) < 4.78 is 16.5. The smallest absolute Gasteiger partial charge is 0.123 e. The summed E-state index contributed by atoms with van der Waals surface area (Å²) in [6, 6.07) is 8.13. The quantitative estimate of drug-likeness (QED) is 0.778. The second-order valence-corrected chi connectivity index (χ2v) is 6.09. The summed E-state index contributed by atoms with van der Waals surface area (Å²) in [5, 5.41) is 3.48. The van der Waals surface area contributed by atoms with Gasteiger partial charge in [-0.15, -0.1) is 0 Å². The Morgan fingerprint density at radius 2 is 1.95 bits per heavy atom. The first-order valence-electron chi connectivity index (χ1n) is 7.20. The number of rotatable bonds is 7. The summed E-state index contributed by atoms with van der Waals surface area (Å²) in [6.07, 6.45) is 0.261. The monoisotopic (exact) mass is 279 g/mol. The van der Waals surface area contributed by atoms with Crippen LogP contribution in [0.5, 0.6) is 5.75 Å². The Labute approximate surface area is 121 Å². The van der Waals surface area contributed by atoms with Crippen molar-refractivity contribution < 1.29 is 14.2 Å². The van der Waals surface area contributed by atoms with Crippen LogP contribution in [0.4, 0.5) is 0 Å². The zero-order valence-electron chi connectivity index (χ0n) is 12.6. The van der Waals surface area contributed by atoms with E-state index < -0.39 is 0 Å². The summed E-state index contributed by atoms with van der Waals surface area (Å²) in [6.45, 7) is 9.88. The van der Waals surface area contributed by atoms with E-state index in [4.69, 9.17) is 14.2 Å². The molecule has 0 saturated carbocycles. The van der Waals surface area contributed by atoms with Crippen LogP contribution in [0.2, 0.25) is 0 Å². The highest BCUT2D eigenvalue weighted by Crippen LogP contribution is 2.18. The minimum Gasteiger partial charge on any atom is -0.491 e. The first-order chi connectivity index (χ1) is 9.54. The minimum absolute atomic E-state index is 0.0977. The van der Waals surface area contributed by atoms with Crippen LogP contribution in [0.3, 0.4) is 0 Å². The highest BCUT2D eigenvalue weighted by atomic mass is 16.6. The van der Waals surface area contributed by atoms with Crippen LogP contribution in [0.1, 0.15) is 26.3 Å². The van der Waals surface area contributed by atoms with Crippen molar-refractivity contribution >= 4 is 0 Å². The van der Waals surface area contributed by atoms with E-state index in [1.54, 1.807) is 0 Å². The summed E-state index contributed by atoms with van der Waals surface area (Å²) in [5.41, 5.74) is 1.27. The average Bonchev–Trinajstić information content (AvgIpc) is 2.34. The van der Waals surface area contributed by atoms with Crippen LogP contribution in [0.25, 0.3) is 0 Å². The molecule has 1 aliphatic rings. The molecule has 0 aromatic heterocycles. The van der Waals surface area contributed by atoms with Gasteiger partial charge >= 0.3 is 0 Å². The molecule has 1 saturated heterocycles. The van der Waals surface area contributed by atoms with E-state index in [2.05, 4.69) is 32.2 Å². The van der Waals surface area contributed by atoms with Crippen LogP contribution >= 0.6 is 0 Å². The standard InChI is InChI=1S/C16H25NO3/c1-16(2,3)17-10-13-6-4-5-7-15(13)20-9-8-19-14-11-18-12-14/h4-7,14,17H,8-12H2,1-3H3. The maximum absolute atomic E-state index is 5.82. The molecule has 1 aliphatic heterocycles. The predicted molar refractivity (Wildman–Crippen MR) is 79.1 cm³/mol. The molecule has 0 unspecified atom stereocenters. The Kier molecular flexibility index (Phi) is 5.40. The molecule has 0 bridgehead atoms. The number of ether oxygens (including phenoxy) is 3. The van der Waals surface area contributed by atoms with Crippen molar-refractivity contribution in [1.82, 2.24) is 5.32 Å². The number of para-hydroxylation sites is 1.